The molecular formula is C22H22N6O. The molecule has 7 heteroatoms. The van der Waals surface area contributed by atoms with Crippen molar-refractivity contribution in [3.8, 4) is 11.1 Å². The van der Waals surface area contributed by atoms with Crippen LogP contribution in [0.2, 0.25) is 0 Å². The van der Waals surface area contributed by atoms with Gasteiger partial charge in [0.15, 0.2) is 0 Å². The van der Waals surface area contributed by atoms with Crippen LogP contribution in [0.25, 0.3) is 11.1 Å². The second-order valence-electron chi connectivity index (χ2n) is 7.59. The van der Waals surface area contributed by atoms with E-state index in [1.165, 1.54) is 5.56 Å². The summed E-state index contributed by atoms with van der Waals surface area (Å²) >= 11 is 0. The molecule has 1 aromatic carbocycles. The molecule has 0 unspecified atom stereocenters. The Labute approximate surface area is 169 Å². The molecule has 5 rings (SSSR count). The van der Waals surface area contributed by atoms with Crippen molar-refractivity contribution in [1.29, 1.82) is 0 Å². The summed E-state index contributed by atoms with van der Waals surface area (Å²) in [6, 6.07) is 8.41. The van der Waals surface area contributed by atoms with Crippen LogP contribution < -0.4 is 4.90 Å². The molecule has 0 aliphatic carbocycles. The number of hydrogen-bond donors (Lipinski definition) is 0. The molecule has 2 aliphatic heterocycles. The maximum absolute atomic E-state index is 5.85. The third kappa shape index (κ3) is 3.49. The molecular weight excluding hydrogens is 364 g/mol. The van der Waals surface area contributed by atoms with Gasteiger partial charge in [-0.2, -0.15) is 0 Å². The van der Waals surface area contributed by atoms with Crippen molar-refractivity contribution in [1.82, 2.24) is 19.9 Å². The minimum absolute atomic E-state index is 0.178. The first kappa shape index (κ1) is 17.9. The van der Waals surface area contributed by atoms with E-state index in [-0.39, 0.29) is 12.2 Å². The highest BCUT2D eigenvalue weighted by molar-refractivity contribution is 6.14. The lowest BCUT2D eigenvalue weighted by atomic mass is 9.98. The molecule has 1 fully saturated rings. The second kappa shape index (κ2) is 7.33. The van der Waals surface area contributed by atoms with Gasteiger partial charge in [-0.1, -0.05) is 12.1 Å². The van der Waals surface area contributed by atoms with Crippen molar-refractivity contribution in [2.75, 3.05) is 18.0 Å². The largest absolute Gasteiger partial charge is 0.372 e. The van der Waals surface area contributed by atoms with Crippen molar-refractivity contribution in [3.05, 3.63) is 66.1 Å². The number of aliphatic imine (C=N–C) groups is 1. The van der Waals surface area contributed by atoms with Crippen molar-refractivity contribution in [2.45, 2.75) is 32.6 Å². The van der Waals surface area contributed by atoms with E-state index in [2.05, 4.69) is 56.9 Å². The minimum atomic E-state index is 0.178. The molecule has 29 heavy (non-hydrogen) atoms. The van der Waals surface area contributed by atoms with Gasteiger partial charge in [-0.15, -0.1) is 0 Å². The monoisotopic (exact) mass is 386 g/mol. The fraction of sp³-hybridized carbons (Fsp3) is 0.318. The summed E-state index contributed by atoms with van der Waals surface area (Å²) in [6.45, 7) is 6.50. The normalized spacial score (nSPS) is 21.0. The SMILES string of the molecule is C[C@@H]1CN(c2cc(C3=NCc4ccc(-c5cncnc5)cc43)ncn2)C[C@H](C)O1. The third-order valence-corrected chi connectivity index (χ3v) is 5.31. The highest BCUT2D eigenvalue weighted by Gasteiger charge is 2.25. The van der Waals surface area contributed by atoms with E-state index in [1.807, 2.05) is 18.5 Å². The number of ether oxygens (including phenoxy) is 1. The van der Waals surface area contributed by atoms with Gasteiger partial charge in [-0.3, -0.25) is 4.99 Å². The van der Waals surface area contributed by atoms with Crippen molar-refractivity contribution < 1.29 is 4.74 Å². The molecule has 0 radical (unpaired) electrons. The van der Waals surface area contributed by atoms with Gasteiger partial charge in [0, 0.05) is 42.7 Å². The lowest BCUT2D eigenvalue weighted by Crippen LogP contribution is -2.45. The number of nitrogens with zero attached hydrogens (tertiary/aromatic N) is 6. The lowest BCUT2D eigenvalue weighted by Gasteiger charge is -2.36. The number of fused-ring (bicyclic) bond motifs is 1. The van der Waals surface area contributed by atoms with Crippen LogP contribution in [0.5, 0.6) is 0 Å². The maximum atomic E-state index is 5.85. The predicted octanol–water partition coefficient (Wildman–Crippen LogP) is 2.90. The fourth-order valence-electron chi connectivity index (χ4n) is 4.05. The van der Waals surface area contributed by atoms with Gasteiger partial charge in [-0.05, 0) is 31.0 Å². The summed E-state index contributed by atoms with van der Waals surface area (Å²) in [5.41, 5.74) is 6.14. The van der Waals surface area contributed by atoms with Gasteiger partial charge in [0.2, 0.25) is 0 Å². The average molecular weight is 386 g/mol. The van der Waals surface area contributed by atoms with Gasteiger partial charge in [0.25, 0.3) is 0 Å². The van der Waals surface area contributed by atoms with Gasteiger partial charge < -0.3 is 9.64 Å². The van der Waals surface area contributed by atoms with E-state index in [4.69, 9.17) is 9.73 Å². The Kier molecular flexibility index (Phi) is 4.52. The molecule has 0 N–H and O–H groups in total. The van der Waals surface area contributed by atoms with Crippen LogP contribution in [0.15, 0.2) is 54.3 Å². The van der Waals surface area contributed by atoms with E-state index < -0.39 is 0 Å². The first-order chi connectivity index (χ1) is 14.2. The highest BCUT2D eigenvalue weighted by Crippen LogP contribution is 2.28. The van der Waals surface area contributed by atoms with E-state index in [9.17, 15) is 0 Å². The van der Waals surface area contributed by atoms with E-state index in [1.54, 1.807) is 12.7 Å². The van der Waals surface area contributed by atoms with E-state index in [0.717, 1.165) is 47.0 Å². The molecule has 2 atom stereocenters. The van der Waals surface area contributed by atoms with Crippen LogP contribution in [0.4, 0.5) is 5.82 Å². The highest BCUT2D eigenvalue weighted by atomic mass is 16.5. The number of anilines is 1. The Morgan fingerprint density at radius 3 is 2.52 bits per heavy atom. The molecule has 146 valence electrons. The van der Waals surface area contributed by atoms with Crippen LogP contribution in [-0.2, 0) is 11.3 Å². The number of benzene rings is 1. The summed E-state index contributed by atoms with van der Waals surface area (Å²) in [6.07, 6.45) is 7.17. The fourth-order valence-corrected chi connectivity index (χ4v) is 4.05. The Hall–Kier alpha value is -3.19. The topological polar surface area (TPSA) is 76.4 Å². The standard InChI is InChI=1S/C22H22N6O/c1-14-10-28(11-15(2)29-14)21-6-20(26-13-27-21)22-19-5-16(3-4-17(19)9-25-22)18-7-23-12-24-8-18/h3-8,12-15H,9-11H2,1-2H3/t14-,15+. The zero-order valence-corrected chi connectivity index (χ0v) is 16.5. The summed E-state index contributed by atoms with van der Waals surface area (Å²) < 4.78 is 5.85. The van der Waals surface area contributed by atoms with Gasteiger partial charge in [-0.25, -0.2) is 19.9 Å². The molecule has 0 bridgehead atoms. The Morgan fingerprint density at radius 2 is 1.72 bits per heavy atom. The summed E-state index contributed by atoms with van der Waals surface area (Å²) in [4.78, 5) is 24.3. The summed E-state index contributed by atoms with van der Waals surface area (Å²) in [7, 11) is 0. The van der Waals surface area contributed by atoms with Crippen molar-refractivity contribution in [3.63, 3.8) is 0 Å². The average Bonchev–Trinajstić information content (AvgIpc) is 3.17. The number of rotatable bonds is 3. The Bertz CT molecular complexity index is 1060. The van der Waals surface area contributed by atoms with E-state index >= 15 is 0 Å². The smallest absolute Gasteiger partial charge is 0.132 e. The zero-order chi connectivity index (χ0) is 19.8. The number of hydrogen-bond acceptors (Lipinski definition) is 7. The number of morpholine rings is 1. The molecule has 7 nitrogen and oxygen atoms in total. The zero-order valence-electron chi connectivity index (χ0n) is 16.5. The molecule has 0 saturated carbocycles. The van der Waals surface area contributed by atoms with Crippen molar-refractivity contribution >= 4 is 11.5 Å². The predicted molar refractivity (Wildman–Crippen MR) is 111 cm³/mol. The molecule has 1 saturated heterocycles. The molecule has 2 aliphatic rings. The summed E-state index contributed by atoms with van der Waals surface area (Å²) in [5, 5.41) is 0. The molecule has 3 aromatic rings. The number of aromatic nitrogens is 4. The van der Waals surface area contributed by atoms with Gasteiger partial charge >= 0.3 is 0 Å². The van der Waals surface area contributed by atoms with E-state index in [0.29, 0.717) is 6.54 Å². The molecule has 4 heterocycles. The second-order valence-corrected chi connectivity index (χ2v) is 7.59. The van der Waals surface area contributed by atoms with Crippen molar-refractivity contribution in [2.24, 2.45) is 4.99 Å². The lowest BCUT2D eigenvalue weighted by molar-refractivity contribution is -0.00546. The first-order valence-corrected chi connectivity index (χ1v) is 9.83. The molecule has 0 spiro atoms. The Balaban J connectivity index is 1.48. The van der Waals surface area contributed by atoms with Gasteiger partial charge in [0.05, 0.1) is 30.2 Å². The minimum Gasteiger partial charge on any atom is -0.372 e. The molecule has 0 amide bonds. The first-order valence-electron chi connectivity index (χ1n) is 9.83. The molecule has 2 aromatic heterocycles. The van der Waals surface area contributed by atoms with Crippen LogP contribution >= 0.6 is 0 Å². The third-order valence-electron chi connectivity index (χ3n) is 5.31. The Morgan fingerprint density at radius 1 is 0.931 bits per heavy atom. The van der Waals surface area contributed by atoms with Crippen LogP contribution in [0.3, 0.4) is 0 Å². The van der Waals surface area contributed by atoms with Crippen LogP contribution in [-0.4, -0.2) is 50.9 Å². The van der Waals surface area contributed by atoms with Gasteiger partial charge in [0.1, 0.15) is 18.5 Å². The van der Waals surface area contributed by atoms with Crippen LogP contribution in [0, 0.1) is 0 Å². The quantitative estimate of drug-likeness (QED) is 0.689. The van der Waals surface area contributed by atoms with Crippen LogP contribution in [0.1, 0.15) is 30.7 Å². The summed E-state index contributed by atoms with van der Waals surface area (Å²) in [5.74, 6) is 0.917. The maximum Gasteiger partial charge on any atom is 0.132 e.